The maximum Gasteiger partial charge on any atom is 0.0697 e. The Labute approximate surface area is 49.3 Å². The van der Waals surface area contributed by atoms with Gasteiger partial charge in [0.15, 0.2) is 0 Å². The summed E-state index contributed by atoms with van der Waals surface area (Å²) in [5, 5.41) is 16.4. The van der Waals surface area contributed by atoms with Crippen molar-refractivity contribution in [1.82, 2.24) is 0 Å². The standard InChI is InChI=1S/C6H7N2/c1-6(2,5-8)3-4-7/h1,3H2,2H3. The van der Waals surface area contributed by atoms with Crippen molar-refractivity contribution in [3.63, 3.8) is 0 Å². The van der Waals surface area contributed by atoms with Crippen LogP contribution >= 0.6 is 0 Å². The molecule has 0 heterocycles. The Morgan fingerprint density at radius 3 is 2.25 bits per heavy atom. The predicted octanol–water partition coefficient (Wildman–Crippen LogP) is 1.26. The SMILES string of the molecule is [CH2]C(C)(C#N)CC#N. The third-order valence-electron chi connectivity index (χ3n) is 0.739. The first-order valence-electron chi connectivity index (χ1n) is 2.26. The van der Waals surface area contributed by atoms with Crippen molar-refractivity contribution in [1.29, 1.82) is 10.5 Å². The summed E-state index contributed by atoms with van der Waals surface area (Å²) in [6, 6.07) is 3.78. The molecule has 0 saturated heterocycles. The van der Waals surface area contributed by atoms with Crippen molar-refractivity contribution in [2.45, 2.75) is 13.3 Å². The van der Waals surface area contributed by atoms with Gasteiger partial charge in [-0.05, 0) is 13.8 Å². The van der Waals surface area contributed by atoms with E-state index in [9.17, 15) is 0 Å². The van der Waals surface area contributed by atoms with Crippen molar-refractivity contribution in [2.75, 3.05) is 0 Å². The van der Waals surface area contributed by atoms with Crippen LogP contribution in [-0.4, -0.2) is 0 Å². The first-order chi connectivity index (χ1) is 3.62. The van der Waals surface area contributed by atoms with E-state index >= 15 is 0 Å². The number of nitrogens with zero attached hydrogens (tertiary/aromatic N) is 2. The third kappa shape index (κ3) is 2.21. The zero-order chi connectivity index (χ0) is 6.62. The molecule has 0 aromatic rings. The molecule has 0 aromatic carbocycles. The molecule has 0 aliphatic carbocycles. The molecular formula is C6H7N2. The van der Waals surface area contributed by atoms with Gasteiger partial charge in [-0.15, -0.1) is 0 Å². The lowest BCUT2D eigenvalue weighted by molar-refractivity contribution is 0.580. The molecule has 0 aromatic heterocycles. The molecule has 0 fully saturated rings. The van der Waals surface area contributed by atoms with Gasteiger partial charge in [0, 0.05) is 0 Å². The van der Waals surface area contributed by atoms with Crippen molar-refractivity contribution < 1.29 is 0 Å². The predicted molar refractivity (Wildman–Crippen MR) is 29.3 cm³/mol. The Morgan fingerprint density at radius 1 is 1.62 bits per heavy atom. The number of nitriles is 2. The topological polar surface area (TPSA) is 47.6 Å². The van der Waals surface area contributed by atoms with Crippen molar-refractivity contribution >= 4 is 0 Å². The molecule has 0 aliphatic heterocycles. The zero-order valence-electron chi connectivity index (χ0n) is 4.81. The van der Waals surface area contributed by atoms with Gasteiger partial charge in [0.1, 0.15) is 0 Å². The van der Waals surface area contributed by atoms with E-state index in [0.717, 1.165) is 0 Å². The van der Waals surface area contributed by atoms with Crippen LogP contribution < -0.4 is 0 Å². The molecule has 0 bridgehead atoms. The summed E-state index contributed by atoms with van der Waals surface area (Å²) in [5.41, 5.74) is -0.714. The average molecular weight is 107 g/mol. The van der Waals surface area contributed by atoms with E-state index in [4.69, 9.17) is 10.5 Å². The van der Waals surface area contributed by atoms with Gasteiger partial charge in [-0.3, -0.25) is 0 Å². The van der Waals surface area contributed by atoms with Crippen molar-refractivity contribution in [2.24, 2.45) is 5.41 Å². The molecule has 0 spiro atoms. The highest BCUT2D eigenvalue weighted by Crippen LogP contribution is 2.15. The smallest absolute Gasteiger partial charge is 0.0697 e. The highest BCUT2D eigenvalue weighted by Gasteiger charge is 2.14. The quantitative estimate of drug-likeness (QED) is 0.506. The normalized spacial score (nSPS) is 9.50. The fraction of sp³-hybridized carbons (Fsp3) is 0.500. The average Bonchev–Trinajstić information content (AvgIpc) is 1.67. The Morgan fingerprint density at radius 2 is 2.12 bits per heavy atom. The lowest BCUT2D eigenvalue weighted by atomic mass is 9.93. The molecule has 8 heavy (non-hydrogen) atoms. The van der Waals surface area contributed by atoms with Crippen molar-refractivity contribution in [3.05, 3.63) is 6.92 Å². The minimum Gasteiger partial charge on any atom is -0.198 e. The van der Waals surface area contributed by atoms with Crippen LogP contribution in [0.2, 0.25) is 0 Å². The number of hydrogen-bond donors (Lipinski definition) is 0. The highest BCUT2D eigenvalue weighted by molar-refractivity contribution is 5.02. The van der Waals surface area contributed by atoms with Crippen LogP contribution in [0.3, 0.4) is 0 Å². The van der Waals surface area contributed by atoms with Crippen LogP contribution in [0.15, 0.2) is 0 Å². The van der Waals surface area contributed by atoms with Gasteiger partial charge in [0.2, 0.25) is 0 Å². The Hall–Kier alpha value is -1.02. The van der Waals surface area contributed by atoms with Crippen LogP contribution in [0.1, 0.15) is 13.3 Å². The van der Waals surface area contributed by atoms with Gasteiger partial charge in [-0.1, -0.05) is 0 Å². The van der Waals surface area contributed by atoms with Gasteiger partial charge in [-0.2, -0.15) is 10.5 Å². The Kier molecular flexibility index (Phi) is 2.03. The van der Waals surface area contributed by atoms with Crippen LogP contribution in [0, 0.1) is 35.0 Å². The lowest BCUT2D eigenvalue weighted by Crippen LogP contribution is -2.05. The summed E-state index contributed by atoms with van der Waals surface area (Å²) in [4.78, 5) is 0. The monoisotopic (exact) mass is 107 g/mol. The molecule has 1 radical (unpaired) electrons. The van der Waals surface area contributed by atoms with Crippen LogP contribution in [-0.2, 0) is 0 Å². The van der Waals surface area contributed by atoms with E-state index < -0.39 is 5.41 Å². The number of rotatable bonds is 1. The van der Waals surface area contributed by atoms with Gasteiger partial charge < -0.3 is 0 Å². The largest absolute Gasteiger partial charge is 0.198 e. The van der Waals surface area contributed by atoms with E-state index in [2.05, 4.69) is 6.92 Å². The molecule has 0 aliphatic rings. The van der Waals surface area contributed by atoms with E-state index in [-0.39, 0.29) is 6.42 Å². The van der Waals surface area contributed by atoms with Gasteiger partial charge in [0.05, 0.1) is 24.0 Å². The van der Waals surface area contributed by atoms with E-state index in [1.807, 2.05) is 12.1 Å². The maximum absolute atomic E-state index is 8.26. The summed E-state index contributed by atoms with van der Waals surface area (Å²) < 4.78 is 0. The van der Waals surface area contributed by atoms with E-state index in [1.165, 1.54) is 0 Å². The summed E-state index contributed by atoms with van der Waals surface area (Å²) in [6.07, 6.45) is 0.198. The molecule has 0 rings (SSSR count). The van der Waals surface area contributed by atoms with Crippen LogP contribution in [0.5, 0.6) is 0 Å². The van der Waals surface area contributed by atoms with Gasteiger partial charge >= 0.3 is 0 Å². The molecule has 2 heteroatoms. The Balaban J connectivity index is 3.82. The van der Waals surface area contributed by atoms with Crippen molar-refractivity contribution in [3.8, 4) is 12.1 Å². The molecule has 1 unspecified atom stereocenters. The van der Waals surface area contributed by atoms with Crippen LogP contribution in [0.4, 0.5) is 0 Å². The number of hydrogen-bond acceptors (Lipinski definition) is 2. The van der Waals surface area contributed by atoms with Crippen LogP contribution in [0.25, 0.3) is 0 Å². The van der Waals surface area contributed by atoms with Gasteiger partial charge in [-0.25, -0.2) is 0 Å². The molecule has 2 nitrogen and oxygen atoms in total. The minimum absolute atomic E-state index is 0.198. The summed E-state index contributed by atoms with van der Waals surface area (Å²) >= 11 is 0. The fourth-order valence-electron chi connectivity index (χ4n) is 0.214. The molecule has 0 amide bonds. The second-order valence-electron chi connectivity index (χ2n) is 2.01. The lowest BCUT2D eigenvalue weighted by Gasteiger charge is -2.06. The van der Waals surface area contributed by atoms with E-state index in [1.54, 1.807) is 6.92 Å². The zero-order valence-corrected chi connectivity index (χ0v) is 4.81. The van der Waals surface area contributed by atoms with Gasteiger partial charge in [0.25, 0.3) is 0 Å². The first-order valence-corrected chi connectivity index (χ1v) is 2.26. The first kappa shape index (κ1) is 6.98. The second-order valence-corrected chi connectivity index (χ2v) is 2.01. The molecular weight excluding hydrogens is 100 g/mol. The summed E-state index contributed by atoms with van der Waals surface area (Å²) in [5.74, 6) is 0. The second kappa shape index (κ2) is 2.33. The molecule has 1 atom stereocenters. The molecule has 0 saturated carbocycles. The van der Waals surface area contributed by atoms with E-state index in [0.29, 0.717) is 0 Å². The summed E-state index contributed by atoms with van der Waals surface area (Å²) in [6.45, 7) is 5.13. The fourth-order valence-corrected chi connectivity index (χ4v) is 0.214. The maximum atomic E-state index is 8.26. The highest BCUT2D eigenvalue weighted by atomic mass is 14.3. The summed E-state index contributed by atoms with van der Waals surface area (Å²) in [7, 11) is 0. The molecule has 0 N–H and O–H groups in total. The third-order valence-corrected chi connectivity index (χ3v) is 0.739. The Bertz CT molecular complexity index is 145. The molecule has 41 valence electrons. The minimum atomic E-state index is -0.714.